The van der Waals surface area contributed by atoms with Crippen LogP contribution in [0.1, 0.15) is 6.42 Å². The third-order valence-corrected chi connectivity index (χ3v) is 3.19. The molecule has 0 spiro atoms. The van der Waals surface area contributed by atoms with Gasteiger partial charge in [-0.2, -0.15) is 0 Å². The molecular formula is C9H12BrNOS. The van der Waals surface area contributed by atoms with Crippen LogP contribution in [0.4, 0.5) is 5.69 Å². The Morgan fingerprint density at radius 3 is 2.92 bits per heavy atom. The molecular weight excluding hydrogens is 250 g/mol. The van der Waals surface area contributed by atoms with Gasteiger partial charge in [0.05, 0.1) is 0 Å². The fourth-order valence-corrected chi connectivity index (χ4v) is 2.33. The van der Waals surface area contributed by atoms with E-state index in [1.807, 2.05) is 18.2 Å². The van der Waals surface area contributed by atoms with Crippen LogP contribution in [-0.2, 0) is 0 Å². The molecule has 0 aliphatic heterocycles. The van der Waals surface area contributed by atoms with Crippen LogP contribution in [0.2, 0.25) is 0 Å². The summed E-state index contributed by atoms with van der Waals surface area (Å²) in [6.07, 6.45) is 0.802. The number of aliphatic hydroxyl groups is 1. The zero-order chi connectivity index (χ0) is 9.68. The van der Waals surface area contributed by atoms with E-state index in [9.17, 15) is 0 Å². The minimum absolute atomic E-state index is 0.237. The molecule has 0 radical (unpaired) electrons. The van der Waals surface area contributed by atoms with Crippen LogP contribution in [0.25, 0.3) is 0 Å². The maximum atomic E-state index is 8.61. The van der Waals surface area contributed by atoms with E-state index in [1.165, 1.54) is 0 Å². The molecule has 0 aromatic heterocycles. The number of thioether (sulfide) groups is 1. The first-order valence-electron chi connectivity index (χ1n) is 4.02. The van der Waals surface area contributed by atoms with Gasteiger partial charge in [0.2, 0.25) is 0 Å². The Morgan fingerprint density at radius 2 is 2.23 bits per heavy atom. The minimum atomic E-state index is 0.237. The number of hydrogen-bond donors (Lipinski definition) is 2. The molecule has 1 aromatic carbocycles. The molecule has 13 heavy (non-hydrogen) atoms. The zero-order valence-corrected chi connectivity index (χ0v) is 9.57. The SMILES string of the molecule is Nc1ccc(Br)cc1SCCCO. The fraction of sp³-hybridized carbons (Fsp3) is 0.333. The van der Waals surface area contributed by atoms with Gasteiger partial charge in [0, 0.05) is 27.4 Å². The van der Waals surface area contributed by atoms with Crippen molar-refractivity contribution in [3.05, 3.63) is 22.7 Å². The number of hydrogen-bond acceptors (Lipinski definition) is 3. The van der Waals surface area contributed by atoms with Crippen LogP contribution < -0.4 is 5.73 Å². The molecule has 4 heteroatoms. The number of rotatable bonds is 4. The maximum Gasteiger partial charge on any atom is 0.0453 e. The highest BCUT2D eigenvalue weighted by Gasteiger charge is 1.99. The molecule has 3 N–H and O–H groups in total. The van der Waals surface area contributed by atoms with Crippen LogP contribution in [0.15, 0.2) is 27.6 Å². The highest BCUT2D eigenvalue weighted by molar-refractivity contribution is 9.10. The van der Waals surface area contributed by atoms with Crippen LogP contribution in [0.5, 0.6) is 0 Å². The van der Waals surface area contributed by atoms with E-state index in [-0.39, 0.29) is 6.61 Å². The molecule has 1 rings (SSSR count). The Balaban J connectivity index is 2.59. The second kappa shape index (κ2) is 5.52. The summed E-state index contributed by atoms with van der Waals surface area (Å²) in [7, 11) is 0. The lowest BCUT2D eigenvalue weighted by molar-refractivity contribution is 0.296. The van der Waals surface area contributed by atoms with E-state index < -0.39 is 0 Å². The van der Waals surface area contributed by atoms with Crippen molar-refractivity contribution in [2.24, 2.45) is 0 Å². The molecule has 0 fully saturated rings. The van der Waals surface area contributed by atoms with Crippen LogP contribution in [-0.4, -0.2) is 17.5 Å². The third-order valence-electron chi connectivity index (χ3n) is 1.54. The summed E-state index contributed by atoms with van der Waals surface area (Å²) in [4.78, 5) is 1.07. The molecule has 0 amide bonds. The molecule has 72 valence electrons. The lowest BCUT2D eigenvalue weighted by Crippen LogP contribution is -1.90. The maximum absolute atomic E-state index is 8.61. The average molecular weight is 262 g/mol. The highest BCUT2D eigenvalue weighted by atomic mass is 79.9. The summed E-state index contributed by atoms with van der Waals surface area (Å²) < 4.78 is 1.04. The predicted molar refractivity (Wildman–Crippen MR) is 61.0 cm³/mol. The smallest absolute Gasteiger partial charge is 0.0453 e. The van der Waals surface area contributed by atoms with E-state index >= 15 is 0 Å². The van der Waals surface area contributed by atoms with Crippen molar-refractivity contribution < 1.29 is 5.11 Å². The molecule has 2 nitrogen and oxygen atoms in total. The van der Waals surface area contributed by atoms with Crippen molar-refractivity contribution in [3.63, 3.8) is 0 Å². The van der Waals surface area contributed by atoms with Gasteiger partial charge in [0.25, 0.3) is 0 Å². The van der Waals surface area contributed by atoms with E-state index in [1.54, 1.807) is 11.8 Å². The van der Waals surface area contributed by atoms with Gasteiger partial charge in [-0.05, 0) is 24.6 Å². The number of benzene rings is 1. The van der Waals surface area contributed by atoms with E-state index in [0.29, 0.717) is 0 Å². The van der Waals surface area contributed by atoms with Gasteiger partial charge >= 0.3 is 0 Å². The highest BCUT2D eigenvalue weighted by Crippen LogP contribution is 2.28. The largest absolute Gasteiger partial charge is 0.398 e. The summed E-state index contributed by atoms with van der Waals surface area (Å²) in [6, 6.07) is 5.80. The van der Waals surface area contributed by atoms with Gasteiger partial charge < -0.3 is 10.8 Å². The molecule has 0 saturated heterocycles. The quantitative estimate of drug-likeness (QED) is 0.498. The second-order valence-corrected chi connectivity index (χ2v) is 4.66. The average Bonchev–Trinajstić information content (AvgIpc) is 2.11. The lowest BCUT2D eigenvalue weighted by atomic mass is 10.3. The van der Waals surface area contributed by atoms with Gasteiger partial charge in [-0.15, -0.1) is 11.8 Å². The Bertz CT molecular complexity index is 280. The van der Waals surface area contributed by atoms with Gasteiger partial charge in [0.15, 0.2) is 0 Å². The second-order valence-electron chi connectivity index (χ2n) is 2.61. The Labute approximate surface area is 90.7 Å². The number of aliphatic hydroxyl groups excluding tert-OH is 1. The number of anilines is 1. The standard InChI is InChI=1S/C9H12BrNOS/c10-7-2-3-8(11)9(6-7)13-5-1-4-12/h2-3,6,12H,1,4-5,11H2. The molecule has 0 atom stereocenters. The minimum Gasteiger partial charge on any atom is -0.398 e. The van der Waals surface area contributed by atoms with Crippen molar-refractivity contribution in [2.45, 2.75) is 11.3 Å². The molecule has 0 aliphatic rings. The van der Waals surface area contributed by atoms with Crippen molar-refractivity contribution in [2.75, 3.05) is 18.1 Å². The monoisotopic (exact) mass is 261 g/mol. The van der Waals surface area contributed by atoms with E-state index in [0.717, 1.165) is 27.2 Å². The van der Waals surface area contributed by atoms with Gasteiger partial charge in [-0.1, -0.05) is 15.9 Å². The Hall–Kier alpha value is -0.190. The summed E-state index contributed by atoms with van der Waals surface area (Å²) in [5.41, 5.74) is 6.56. The Morgan fingerprint density at radius 1 is 1.46 bits per heavy atom. The lowest BCUT2D eigenvalue weighted by Gasteiger charge is -2.04. The number of nitrogens with two attached hydrogens (primary N) is 1. The summed E-state index contributed by atoms with van der Waals surface area (Å²) >= 11 is 5.06. The zero-order valence-electron chi connectivity index (χ0n) is 7.16. The number of nitrogen functional groups attached to an aromatic ring is 1. The van der Waals surface area contributed by atoms with Crippen LogP contribution in [0.3, 0.4) is 0 Å². The molecule has 0 bridgehead atoms. The molecule has 0 heterocycles. The van der Waals surface area contributed by atoms with Crippen molar-refractivity contribution in [1.82, 2.24) is 0 Å². The van der Waals surface area contributed by atoms with Gasteiger partial charge in [0.1, 0.15) is 0 Å². The normalized spacial score (nSPS) is 10.3. The van der Waals surface area contributed by atoms with Gasteiger partial charge in [-0.25, -0.2) is 0 Å². The fourth-order valence-electron chi connectivity index (χ4n) is 0.880. The molecule has 0 aliphatic carbocycles. The third kappa shape index (κ3) is 3.58. The molecule has 0 unspecified atom stereocenters. The van der Waals surface area contributed by atoms with Crippen LogP contribution in [0, 0.1) is 0 Å². The first kappa shape index (κ1) is 10.9. The first-order valence-corrected chi connectivity index (χ1v) is 5.80. The summed E-state index contributed by atoms with van der Waals surface area (Å²) in [5, 5.41) is 8.61. The van der Waals surface area contributed by atoms with E-state index in [4.69, 9.17) is 10.8 Å². The molecule has 1 aromatic rings. The van der Waals surface area contributed by atoms with Crippen molar-refractivity contribution >= 4 is 33.4 Å². The van der Waals surface area contributed by atoms with Crippen molar-refractivity contribution in [1.29, 1.82) is 0 Å². The van der Waals surface area contributed by atoms with E-state index in [2.05, 4.69) is 15.9 Å². The summed E-state index contributed by atoms with van der Waals surface area (Å²) in [5.74, 6) is 0.900. The van der Waals surface area contributed by atoms with Crippen LogP contribution >= 0.6 is 27.7 Å². The van der Waals surface area contributed by atoms with Crippen molar-refractivity contribution in [3.8, 4) is 0 Å². The first-order chi connectivity index (χ1) is 6.24. The Kier molecular flexibility index (Phi) is 4.62. The molecule has 0 saturated carbocycles. The number of halogens is 1. The summed E-state index contributed by atoms with van der Waals surface area (Å²) in [6.45, 7) is 0.237. The topological polar surface area (TPSA) is 46.2 Å². The predicted octanol–water partition coefficient (Wildman–Crippen LogP) is 2.51. The van der Waals surface area contributed by atoms with Gasteiger partial charge in [-0.3, -0.25) is 0 Å².